The van der Waals surface area contributed by atoms with Crippen LogP contribution in [0.1, 0.15) is 431 Å². The number of ether oxygens (including phenoxy) is 1. The maximum atomic E-state index is 12.5. The second-order valence-electron chi connectivity index (χ2n) is 26.3. The predicted octanol–water partition coefficient (Wildman–Crippen LogP) is 24.9. The minimum atomic E-state index is -0.843. The lowest BCUT2D eigenvalue weighted by Gasteiger charge is -2.20. The van der Waals surface area contributed by atoms with Crippen molar-refractivity contribution in [2.75, 3.05) is 13.2 Å². The summed E-state index contributed by atoms with van der Waals surface area (Å²) in [5.41, 5.74) is 0. The fourth-order valence-electron chi connectivity index (χ4n) is 12.2. The molecule has 0 heterocycles. The first-order valence-corrected chi connectivity index (χ1v) is 38.1. The summed E-state index contributed by atoms with van der Waals surface area (Å²) in [4.78, 5) is 24.6. The third-order valence-electron chi connectivity index (χ3n) is 18.0. The van der Waals surface area contributed by atoms with E-state index in [1.165, 1.54) is 366 Å². The number of carbonyl (C=O) groups is 2. The van der Waals surface area contributed by atoms with E-state index in [0.29, 0.717) is 19.4 Å². The van der Waals surface area contributed by atoms with Gasteiger partial charge in [-0.1, -0.05) is 385 Å². The van der Waals surface area contributed by atoms with Gasteiger partial charge in [0.25, 0.3) is 0 Å². The molecule has 492 valence electrons. The largest absolute Gasteiger partial charge is 0.466 e. The second kappa shape index (κ2) is 72.8. The van der Waals surface area contributed by atoms with Crippen LogP contribution < -0.4 is 5.32 Å². The Kier molecular flexibility index (Phi) is 71.4. The molecule has 0 aliphatic heterocycles. The molecule has 0 aromatic heterocycles. The number of aliphatic hydroxyl groups is 2. The summed E-state index contributed by atoms with van der Waals surface area (Å²) in [5, 5.41) is 23.3. The Bertz CT molecular complexity index is 1300. The minimum Gasteiger partial charge on any atom is -0.466 e. The van der Waals surface area contributed by atoms with E-state index in [4.69, 9.17) is 4.74 Å². The minimum absolute atomic E-state index is 0.0199. The molecule has 3 N–H and O–H groups in total. The van der Waals surface area contributed by atoms with Crippen molar-refractivity contribution >= 4 is 11.9 Å². The lowest BCUT2D eigenvalue weighted by Crippen LogP contribution is -2.45. The Balaban J connectivity index is 3.37. The molecule has 0 saturated heterocycles. The maximum absolute atomic E-state index is 12.5. The Morgan fingerprint density at radius 3 is 0.855 bits per heavy atom. The van der Waals surface area contributed by atoms with Crippen LogP contribution in [0.4, 0.5) is 0 Å². The quantitative estimate of drug-likeness (QED) is 0.0320. The van der Waals surface area contributed by atoms with Crippen molar-refractivity contribution in [1.82, 2.24) is 5.32 Å². The van der Waals surface area contributed by atoms with Gasteiger partial charge in [0.05, 0.1) is 25.4 Å². The van der Waals surface area contributed by atoms with E-state index >= 15 is 0 Å². The highest BCUT2D eigenvalue weighted by Crippen LogP contribution is 2.19. The number of hydrogen-bond donors (Lipinski definition) is 3. The van der Waals surface area contributed by atoms with E-state index in [1.807, 2.05) is 6.08 Å². The third-order valence-corrected chi connectivity index (χ3v) is 18.0. The average Bonchev–Trinajstić information content (AvgIpc) is 3.49. The van der Waals surface area contributed by atoms with Crippen LogP contribution in [-0.4, -0.2) is 47.4 Å². The number of allylic oxidation sites excluding steroid dienone is 3. The fraction of sp³-hybridized carbons (Fsp3) is 0.922. The number of esters is 1. The summed E-state index contributed by atoms with van der Waals surface area (Å²) in [6, 6.07) is -0.626. The molecule has 2 unspecified atom stereocenters. The Morgan fingerprint density at radius 1 is 0.325 bits per heavy atom. The van der Waals surface area contributed by atoms with Crippen LogP contribution in [0.25, 0.3) is 0 Å². The summed E-state index contributed by atoms with van der Waals surface area (Å²) in [5.74, 6) is -0.0403. The molecule has 6 nitrogen and oxygen atoms in total. The molecular formula is C77H149NO5. The molecule has 6 heteroatoms. The molecule has 0 aliphatic rings. The number of unbranched alkanes of at least 4 members (excludes halogenated alkanes) is 59. The SMILES string of the molecule is CCCCCCCCCCCCCCCCCCCCC/C=C/C(O)C(CO)NC(=O)CCCCCCCCCCCCCCCCCCC/C=C\CCCCCCCCCCCCCCOC(=O)CCCCCCCCCCCCCC. The van der Waals surface area contributed by atoms with Gasteiger partial charge in [0.2, 0.25) is 5.91 Å². The van der Waals surface area contributed by atoms with Crippen LogP contribution in [0.2, 0.25) is 0 Å². The molecule has 0 saturated carbocycles. The number of hydrogen-bond acceptors (Lipinski definition) is 5. The number of rotatable bonds is 72. The van der Waals surface area contributed by atoms with Crippen LogP contribution >= 0.6 is 0 Å². The van der Waals surface area contributed by atoms with Gasteiger partial charge in [-0.05, 0) is 57.8 Å². The van der Waals surface area contributed by atoms with Gasteiger partial charge in [0, 0.05) is 12.8 Å². The molecule has 0 aliphatic carbocycles. The van der Waals surface area contributed by atoms with Gasteiger partial charge in [0.15, 0.2) is 0 Å². The first-order chi connectivity index (χ1) is 41.0. The molecule has 0 radical (unpaired) electrons. The third kappa shape index (κ3) is 69.3. The smallest absolute Gasteiger partial charge is 0.305 e. The molecule has 0 aromatic rings. The van der Waals surface area contributed by atoms with Crippen molar-refractivity contribution in [2.45, 2.75) is 443 Å². The highest BCUT2D eigenvalue weighted by Gasteiger charge is 2.18. The Morgan fingerprint density at radius 2 is 0.566 bits per heavy atom. The zero-order chi connectivity index (χ0) is 59.9. The Hall–Kier alpha value is -1.66. The molecule has 0 fully saturated rings. The van der Waals surface area contributed by atoms with E-state index in [1.54, 1.807) is 6.08 Å². The highest BCUT2D eigenvalue weighted by atomic mass is 16.5. The van der Waals surface area contributed by atoms with Crippen molar-refractivity contribution in [3.8, 4) is 0 Å². The van der Waals surface area contributed by atoms with Crippen LogP contribution in [0.15, 0.2) is 24.3 Å². The van der Waals surface area contributed by atoms with Gasteiger partial charge >= 0.3 is 5.97 Å². The second-order valence-corrected chi connectivity index (χ2v) is 26.3. The van der Waals surface area contributed by atoms with Gasteiger partial charge < -0.3 is 20.3 Å². The molecule has 0 rings (SSSR count). The van der Waals surface area contributed by atoms with Gasteiger partial charge in [-0.2, -0.15) is 0 Å². The maximum Gasteiger partial charge on any atom is 0.305 e. The zero-order valence-corrected chi connectivity index (χ0v) is 56.5. The van der Waals surface area contributed by atoms with E-state index < -0.39 is 12.1 Å². The first-order valence-electron chi connectivity index (χ1n) is 38.1. The topological polar surface area (TPSA) is 95.9 Å². The highest BCUT2D eigenvalue weighted by molar-refractivity contribution is 5.76. The van der Waals surface area contributed by atoms with Crippen molar-refractivity contribution in [1.29, 1.82) is 0 Å². The summed E-state index contributed by atoms with van der Waals surface area (Å²) >= 11 is 0. The monoisotopic (exact) mass is 1170 g/mol. The lowest BCUT2D eigenvalue weighted by molar-refractivity contribution is -0.143. The summed E-state index contributed by atoms with van der Waals surface area (Å²) in [7, 11) is 0. The van der Waals surface area contributed by atoms with Gasteiger partial charge in [-0.3, -0.25) is 9.59 Å². The molecule has 0 aromatic carbocycles. The zero-order valence-electron chi connectivity index (χ0n) is 56.5. The van der Waals surface area contributed by atoms with Crippen molar-refractivity contribution in [3.63, 3.8) is 0 Å². The number of aliphatic hydroxyl groups excluding tert-OH is 2. The summed E-state index contributed by atoms with van der Waals surface area (Å²) < 4.78 is 5.49. The van der Waals surface area contributed by atoms with Crippen LogP contribution in [0.5, 0.6) is 0 Å². The van der Waals surface area contributed by atoms with E-state index in [2.05, 4.69) is 31.3 Å². The van der Waals surface area contributed by atoms with Crippen LogP contribution in [0.3, 0.4) is 0 Å². The van der Waals surface area contributed by atoms with Gasteiger partial charge in [-0.15, -0.1) is 0 Å². The molecule has 1 amide bonds. The van der Waals surface area contributed by atoms with E-state index in [0.717, 1.165) is 38.5 Å². The summed E-state index contributed by atoms with van der Waals surface area (Å²) in [6.45, 7) is 4.95. The number of amides is 1. The fourth-order valence-corrected chi connectivity index (χ4v) is 12.2. The number of nitrogens with one attached hydrogen (secondary N) is 1. The molecular weight excluding hydrogens is 1020 g/mol. The Labute approximate surface area is 520 Å². The van der Waals surface area contributed by atoms with Gasteiger partial charge in [-0.25, -0.2) is 0 Å². The van der Waals surface area contributed by atoms with E-state index in [-0.39, 0.29) is 18.5 Å². The average molecular weight is 1170 g/mol. The van der Waals surface area contributed by atoms with E-state index in [9.17, 15) is 19.8 Å². The molecule has 83 heavy (non-hydrogen) atoms. The first kappa shape index (κ1) is 81.3. The van der Waals surface area contributed by atoms with Crippen molar-refractivity contribution in [2.24, 2.45) is 0 Å². The lowest BCUT2D eigenvalue weighted by atomic mass is 10.0. The van der Waals surface area contributed by atoms with Crippen molar-refractivity contribution < 1.29 is 24.5 Å². The normalized spacial score (nSPS) is 12.6. The number of carbonyl (C=O) groups excluding carboxylic acids is 2. The summed E-state index contributed by atoms with van der Waals surface area (Å²) in [6.07, 6.45) is 92.9. The van der Waals surface area contributed by atoms with Crippen LogP contribution in [0, 0.1) is 0 Å². The molecule has 2 atom stereocenters. The predicted molar refractivity (Wildman–Crippen MR) is 366 cm³/mol. The van der Waals surface area contributed by atoms with Gasteiger partial charge in [0.1, 0.15) is 0 Å². The van der Waals surface area contributed by atoms with Crippen molar-refractivity contribution in [3.05, 3.63) is 24.3 Å². The standard InChI is InChI=1S/C77H149NO5/c1-3-5-7-9-11-13-15-17-18-19-20-34-37-40-43-46-49-53-57-61-65-69-75(80)74(73-79)78-76(81)70-66-62-58-54-50-47-44-41-38-35-32-30-28-26-24-22-21-23-25-27-29-31-33-36-39-42-45-48-52-56-60-64-68-72-83-77(82)71-67-63-59-55-51-16-14-12-10-8-6-4-2/h25,27,65,69,74-75,79-80H,3-24,26,28-64,66-68,70-73H2,1-2H3,(H,78,81)/b27-25-,69-65+. The van der Waals surface area contributed by atoms with Crippen LogP contribution in [-0.2, 0) is 14.3 Å². The molecule has 0 bridgehead atoms. The molecule has 0 spiro atoms.